The first kappa shape index (κ1) is 23.0. The van der Waals surface area contributed by atoms with Crippen molar-refractivity contribution in [1.29, 1.82) is 0 Å². The molecule has 31 heavy (non-hydrogen) atoms. The van der Waals surface area contributed by atoms with Crippen LogP contribution in [0.2, 0.25) is 0 Å². The molecular weight excluding hydrogens is 392 g/mol. The number of ether oxygens (including phenoxy) is 2. The van der Waals surface area contributed by atoms with Gasteiger partial charge in [0.25, 0.3) is 0 Å². The smallest absolute Gasteiger partial charge is 0.127 e. The number of aromatic hydroxyl groups is 2. The van der Waals surface area contributed by atoms with E-state index in [1.165, 1.54) is 0 Å². The molecule has 0 heterocycles. The standard InChI is InChI=1S/2C12H11NO2.CH4/c2*13-9-1-5-11(6-2-9)15-12-7-3-10(14)4-8-12;/h2*1-8,14H,13H2;1H4. The van der Waals surface area contributed by atoms with Crippen LogP contribution in [0, 0.1) is 0 Å². The highest BCUT2D eigenvalue weighted by Gasteiger charge is 1.97. The van der Waals surface area contributed by atoms with Crippen molar-refractivity contribution in [3.63, 3.8) is 0 Å². The molecule has 0 saturated carbocycles. The van der Waals surface area contributed by atoms with Crippen LogP contribution in [-0.4, -0.2) is 10.2 Å². The third kappa shape index (κ3) is 7.55. The Hall–Kier alpha value is -4.32. The molecule has 0 spiro atoms. The summed E-state index contributed by atoms with van der Waals surface area (Å²) in [5.41, 5.74) is 12.5. The molecule has 0 aromatic heterocycles. The van der Waals surface area contributed by atoms with Crippen LogP contribution in [-0.2, 0) is 0 Å². The van der Waals surface area contributed by atoms with Gasteiger partial charge < -0.3 is 31.2 Å². The summed E-state index contributed by atoms with van der Waals surface area (Å²) in [7, 11) is 0. The molecule has 0 bridgehead atoms. The molecule has 0 saturated heterocycles. The lowest BCUT2D eigenvalue weighted by Crippen LogP contribution is -1.86. The molecule has 0 atom stereocenters. The highest BCUT2D eigenvalue weighted by molar-refractivity contribution is 5.44. The zero-order valence-corrected chi connectivity index (χ0v) is 16.1. The summed E-state index contributed by atoms with van der Waals surface area (Å²) in [6.45, 7) is 0. The quantitative estimate of drug-likeness (QED) is 0.295. The van der Waals surface area contributed by atoms with E-state index in [9.17, 15) is 0 Å². The van der Waals surface area contributed by atoms with Gasteiger partial charge in [-0.15, -0.1) is 0 Å². The van der Waals surface area contributed by atoms with Crippen LogP contribution < -0.4 is 20.9 Å². The Labute approximate surface area is 181 Å². The maximum Gasteiger partial charge on any atom is 0.127 e. The Bertz CT molecular complexity index is 871. The first-order valence-electron chi connectivity index (χ1n) is 9.13. The summed E-state index contributed by atoms with van der Waals surface area (Å²) in [5, 5.41) is 18.2. The van der Waals surface area contributed by atoms with E-state index in [4.69, 9.17) is 31.2 Å². The molecular formula is C25H26N2O4. The number of hydrogen-bond acceptors (Lipinski definition) is 6. The summed E-state index contributed by atoms with van der Waals surface area (Å²) < 4.78 is 11.0. The van der Waals surface area contributed by atoms with Crippen LogP contribution in [0.25, 0.3) is 0 Å². The van der Waals surface area contributed by atoms with Gasteiger partial charge in [-0.3, -0.25) is 0 Å². The van der Waals surface area contributed by atoms with Gasteiger partial charge in [-0.2, -0.15) is 0 Å². The number of phenols is 2. The summed E-state index contributed by atoms with van der Waals surface area (Å²) in [6, 6.07) is 27.4. The van der Waals surface area contributed by atoms with Gasteiger partial charge in [0.2, 0.25) is 0 Å². The SMILES string of the molecule is C.Nc1ccc(Oc2ccc(O)cc2)cc1.Nc1ccc(Oc2ccc(O)cc2)cc1. The molecule has 0 aliphatic rings. The predicted octanol–water partition coefficient (Wildman–Crippen LogP) is 6.17. The van der Waals surface area contributed by atoms with Gasteiger partial charge in [-0.25, -0.2) is 0 Å². The van der Waals surface area contributed by atoms with E-state index in [1.807, 2.05) is 0 Å². The molecule has 0 fully saturated rings. The van der Waals surface area contributed by atoms with E-state index in [0.29, 0.717) is 22.9 Å². The number of nitrogens with two attached hydrogens (primary N) is 2. The maximum absolute atomic E-state index is 9.09. The monoisotopic (exact) mass is 418 g/mol. The lowest BCUT2D eigenvalue weighted by Gasteiger charge is -2.05. The molecule has 4 aromatic rings. The average Bonchev–Trinajstić information content (AvgIpc) is 2.75. The van der Waals surface area contributed by atoms with Crippen molar-refractivity contribution in [1.82, 2.24) is 0 Å². The minimum absolute atomic E-state index is 0. The predicted molar refractivity (Wildman–Crippen MR) is 125 cm³/mol. The van der Waals surface area contributed by atoms with Crippen molar-refractivity contribution >= 4 is 11.4 Å². The number of phenolic OH excluding ortho intramolecular Hbond substituents is 2. The fourth-order valence-electron chi connectivity index (χ4n) is 2.37. The van der Waals surface area contributed by atoms with Gasteiger partial charge in [0.1, 0.15) is 34.5 Å². The van der Waals surface area contributed by atoms with Crippen molar-refractivity contribution < 1.29 is 19.7 Å². The largest absolute Gasteiger partial charge is 0.508 e. The summed E-state index contributed by atoms with van der Waals surface area (Å²) in [5.74, 6) is 3.24. The van der Waals surface area contributed by atoms with E-state index < -0.39 is 0 Å². The number of rotatable bonds is 4. The number of benzene rings is 4. The average molecular weight is 418 g/mol. The second-order valence-electron chi connectivity index (χ2n) is 6.33. The lowest BCUT2D eigenvalue weighted by molar-refractivity contribution is 0.464. The molecule has 0 unspecified atom stereocenters. The topological polar surface area (TPSA) is 111 Å². The first-order chi connectivity index (χ1) is 14.5. The summed E-state index contributed by atoms with van der Waals surface area (Å²) in [6.07, 6.45) is 0. The van der Waals surface area contributed by atoms with Crippen molar-refractivity contribution in [3.8, 4) is 34.5 Å². The van der Waals surface area contributed by atoms with Crippen molar-refractivity contribution in [3.05, 3.63) is 97.1 Å². The Kier molecular flexibility index (Phi) is 8.16. The van der Waals surface area contributed by atoms with Crippen molar-refractivity contribution in [2.75, 3.05) is 11.5 Å². The number of anilines is 2. The Morgan fingerprint density at radius 1 is 0.419 bits per heavy atom. The molecule has 0 amide bonds. The summed E-state index contributed by atoms with van der Waals surface area (Å²) >= 11 is 0. The third-order valence-electron chi connectivity index (χ3n) is 3.91. The van der Waals surface area contributed by atoms with E-state index in [0.717, 1.165) is 11.5 Å². The zero-order chi connectivity index (χ0) is 21.3. The highest BCUT2D eigenvalue weighted by Crippen LogP contribution is 2.24. The molecule has 4 rings (SSSR count). The third-order valence-corrected chi connectivity index (χ3v) is 3.91. The van der Waals surface area contributed by atoms with Crippen molar-refractivity contribution in [2.24, 2.45) is 0 Å². The van der Waals surface area contributed by atoms with Gasteiger partial charge in [0, 0.05) is 11.4 Å². The fourth-order valence-corrected chi connectivity index (χ4v) is 2.37. The Morgan fingerprint density at radius 2 is 0.645 bits per heavy atom. The molecule has 6 nitrogen and oxygen atoms in total. The number of nitrogen functional groups attached to an aromatic ring is 2. The molecule has 6 N–H and O–H groups in total. The summed E-state index contributed by atoms with van der Waals surface area (Å²) in [4.78, 5) is 0. The lowest BCUT2D eigenvalue weighted by atomic mass is 10.3. The second-order valence-corrected chi connectivity index (χ2v) is 6.33. The first-order valence-corrected chi connectivity index (χ1v) is 9.13. The van der Waals surface area contributed by atoms with Crippen LogP contribution in [0.3, 0.4) is 0 Å². The van der Waals surface area contributed by atoms with E-state index in [2.05, 4.69) is 0 Å². The molecule has 0 aliphatic heterocycles. The van der Waals surface area contributed by atoms with Crippen LogP contribution >= 0.6 is 0 Å². The van der Waals surface area contributed by atoms with Gasteiger partial charge in [-0.05, 0) is 97.1 Å². The fraction of sp³-hybridized carbons (Fsp3) is 0.0400. The molecule has 160 valence electrons. The minimum atomic E-state index is 0. The molecule has 0 radical (unpaired) electrons. The van der Waals surface area contributed by atoms with Crippen LogP contribution in [0.15, 0.2) is 97.1 Å². The van der Waals surface area contributed by atoms with Crippen molar-refractivity contribution in [2.45, 2.75) is 7.43 Å². The van der Waals surface area contributed by atoms with E-state index in [1.54, 1.807) is 97.1 Å². The highest BCUT2D eigenvalue weighted by atomic mass is 16.5. The van der Waals surface area contributed by atoms with Gasteiger partial charge >= 0.3 is 0 Å². The van der Waals surface area contributed by atoms with E-state index in [-0.39, 0.29) is 18.9 Å². The second kappa shape index (κ2) is 11.0. The van der Waals surface area contributed by atoms with Gasteiger partial charge in [0.05, 0.1) is 0 Å². The van der Waals surface area contributed by atoms with Gasteiger partial charge in [0.15, 0.2) is 0 Å². The Balaban J connectivity index is 0.000000213. The molecule has 4 aromatic carbocycles. The van der Waals surface area contributed by atoms with E-state index >= 15 is 0 Å². The number of hydrogen-bond donors (Lipinski definition) is 4. The zero-order valence-electron chi connectivity index (χ0n) is 16.1. The minimum Gasteiger partial charge on any atom is -0.508 e. The Morgan fingerprint density at radius 3 is 0.903 bits per heavy atom. The van der Waals surface area contributed by atoms with Gasteiger partial charge in [-0.1, -0.05) is 7.43 Å². The van der Waals surface area contributed by atoms with Crippen LogP contribution in [0.5, 0.6) is 34.5 Å². The van der Waals surface area contributed by atoms with Crippen LogP contribution in [0.4, 0.5) is 11.4 Å². The maximum atomic E-state index is 9.09. The normalized spacial score (nSPS) is 9.55. The molecule has 6 heteroatoms. The molecule has 0 aliphatic carbocycles. The van der Waals surface area contributed by atoms with Crippen LogP contribution in [0.1, 0.15) is 7.43 Å².